The number of hydrogen-bond donors (Lipinski definition) is 2. The minimum absolute atomic E-state index is 0.425. The van der Waals surface area contributed by atoms with Crippen molar-refractivity contribution in [2.45, 2.75) is 18.4 Å². The molecule has 2 saturated heterocycles. The molecule has 2 bridgehead atoms. The maximum atomic E-state index is 10.0. The molecule has 11 heavy (non-hydrogen) atoms. The number of aliphatic hydroxyl groups is 1. The average molecular weight is 156 g/mol. The molecule has 0 radical (unpaired) electrons. The van der Waals surface area contributed by atoms with Crippen molar-refractivity contribution in [1.29, 1.82) is 0 Å². The van der Waals surface area contributed by atoms with Gasteiger partial charge in [-0.2, -0.15) is 0 Å². The van der Waals surface area contributed by atoms with Crippen LogP contribution in [0.4, 0.5) is 0 Å². The van der Waals surface area contributed by atoms with Gasteiger partial charge in [0.25, 0.3) is 0 Å². The lowest BCUT2D eigenvalue weighted by molar-refractivity contribution is 0.0233. The van der Waals surface area contributed by atoms with Crippen LogP contribution in [0.1, 0.15) is 12.8 Å². The Balaban J connectivity index is 2.14. The first-order valence-electron chi connectivity index (χ1n) is 4.39. The van der Waals surface area contributed by atoms with Crippen molar-refractivity contribution < 1.29 is 5.11 Å². The van der Waals surface area contributed by atoms with Gasteiger partial charge in [0.2, 0.25) is 0 Å². The van der Waals surface area contributed by atoms with Gasteiger partial charge in [0.05, 0.1) is 5.60 Å². The first-order chi connectivity index (χ1) is 5.24. The quantitative estimate of drug-likeness (QED) is 0.533. The molecular weight excluding hydrogens is 140 g/mol. The lowest BCUT2D eigenvalue weighted by Gasteiger charge is -2.26. The standard InChI is InChI=1S/C8H16N2O/c9-5-8(11)6-10-3-1-2-7(8)4-10/h7,11H,1-6,9H2/t7-,8-/m0/s1. The second-order valence-corrected chi connectivity index (χ2v) is 3.88. The Morgan fingerprint density at radius 3 is 3.09 bits per heavy atom. The van der Waals surface area contributed by atoms with Crippen molar-refractivity contribution in [3.05, 3.63) is 0 Å². The van der Waals surface area contributed by atoms with E-state index in [9.17, 15) is 5.11 Å². The monoisotopic (exact) mass is 156 g/mol. The number of fused-ring (bicyclic) bond motifs is 2. The molecule has 3 N–H and O–H groups in total. The van der Waals surface area contributed by atoms with Crippen LogP contribution in [0.5, 0.6) is 0 Å². The average Bonchev–Trinajstić information content (AvgIpc) is 2.25. The normalized spacial score (nSPS) is 49.6. The molecule has 0 saturated carbocycles. The summed E-state index contributed by atoms with van der Waals surface area (Å²) in [5.41, 5.74) is 4.99. The van der Waals surface area contributed by atoms with Gasteiger partial charge < -0.3 is 15.7 Å². The van der Waals surface area contributed by atoms with Crippen molar-refractivity contribution >= 4 is 0 Å². The van der Waals surface area contributed by atoms with E-state index in [2.05, 4.69) is 4.90 Å². The summed E-state index contributed by atoms with van der Waals surface area (Å²) in [6.45, 7) is 3.44. The van der Waals surface area contributed by atoms with Crippen molar-refractivity contribution in [1.82, 2.24) is 4.90 Å². The molecule has 0 unspecified atom stereocenters. The molecule has 64 valence electrons. The third kappa shape index (κ3) is 1.08. The van der Waals surface area contributed by atoms with E-state index in [1.807, 2.05) is 0 Å². The van der Waals surface area contributed by atoms with Crippen molar-refractivity contribution in [3.63, 3.8) is 0 Å². The SMILES string of the molecule is NC[C@]1(O)C[N@]2CCC[C@H]1C2. The zero-order valence-corrected chi connectivity index (χ0v) is 6.79. The molecule has 2 rings (SSSR count). The van der Waals surface area contributed by atoms with E-state index in [-0.39, 0.29) is 0 Å². The van der Waals surface area contributed by atoms with E-state index in [1.165, 1.54) is 6.42 Å². The van der Waals surface area contributed by atoms with Crippen molar-refractivity contribution in [2.75, 3.05) is 26.2 Å². The second-order valence-electron chi connectivity index (χ2n) is 3.88. The Morgan fingerprint density at radius 2 is 2.45 bits per heavy atom. The molecule has 2 fully saturated rings. The molecule has 3 atom stereocenters. The molecule has 3 heteroatoms. The summed E-state index contributed by atoms with van der Waals surface area (Å²) in [4.78, 5) is 2.32. The number of nitrogens with zero attached hydrogens (tertiary/aromatic N) is 1. The van der Waals surface area contributed by atoms with Gasteiger partial charge in [-0.25, -0.2) is 0 Å². The Bertz CT molecular complexity index is 162. The van der Waals surface area contributed by atoms with Gasteiger partial charge in [-0.1, -0.05) is 0 Å². The second kappa shape index (κ2) is 2.44. The fourth-order valence-corrected chi connectivity index (χ4v) is 2.39. The van der Waals surface area contributed by atoms with E-state index in [4.69, 9.17) is 5.73 Å². The van der Waals surface area contributed by atoms with E-state index in [0.717, 1.165) is 26.1 Å². The molecule has 0 aromatic carbocycles. The van der Waals surface area contributed by atoms with Crippen molar-refractivity contribution in [2.24, 2.45) is 11.7 Å². The van der Waals surface area contributed by atoms with Gasteiger partial charge in [0.15, 0.2) is 0 Å². The number of hydrogen-bond acceptors (Lipinski definition) is 3. The van der Waals surface area contributed by atoms with Gasteiger partial charge in [-0.15, -0.1) is 0 Å². The van der Waals surface area contributed by atoms with E-state index in [0.29, 0.717) is 12.5 Å². The highest BCUT2D eigenvalue weighted by molar-refractivity contribution is 5.00. The van der Waals surface area contributed by atoms with Crippen molar-refractivity contribution in [3.8, 4) is 0 Å². The van der Waals surface area contributed by atoms with Crippen LogP contribution in [0.3, 0.4) is 0 Å². The van der Waals surface area contributed by atoms with Gasteiger partial charge in [0.1, 0.15) is 0 Å². The molecule has 2 heterocycles. The lowest BCUT2D eigenvalue weighted by Crippen LogP contribution is -2.44. The highest BCUT2D eigenvalue weighted by Gasteiger charge is 2.45. The molecule has 2 aliphatic rings. The van der Waals surface area contributed by atoms with Crippen LogP contribution < -0.4 is 5.73 Å². The van der Waals surface area contributed by atoms with E-state index < -0.39 is 5.60 Å². The number of piperidine rings is 1. The molecule has 0 spiro atoms. The fourth-order valence-electron chi connectivity index (χ4n) is 2.39. The molecule has 0 aromatic heterocycles. The van der Waals surface area contributed by atoms with Crippen LogP contribution in [-0.4, -0.2) is 41.8 Å². The first kappa shape index (κ1) is 7.53. The zero-order chi connectivity index (χ0) is 7.90. The molecular formula is C8H16N2O. The van der Waals surface area contributed by atoms with Gasteiger partial charge in [-0.3, -0.25) is 0 Å². The van der Waals surface area contributed by atoms with Crippen LogP contribution >= 0.6 is 0 Å². The topological polar surface area (TPSA) is 49.5 Å². The molecule has 2 aliphatic heterocycles. The smallest absolute Gasteiger partial charge is 0.0935 e. The lowest BCUT2D eigenvalue weighted by atomic mass is 9.87. The van der Waals surface area contributed by atoms with Crippen LogP contribution in [0.15, 0.2) is 0 Å². The van der Waals surface area contributed by atoms with Gasteiger partial charge >= 0.3 is 0 Å². The van der Waals surface area contributed by atoms with Crippen LogP contribution in [0.2, 0.25) is 0 Å². The Morgan fingerprint density at radius 1 is 1.64 bits per heavy atom. The summed E-state index contributed by atoms with van der Waals surface area (Å²) in [6.07, 6.45) is 2.39. The third-order valence-electron chi connectivity index (χ3n) is 3.12. The predicted octanol–water partition coefficient (Wildman–Crippen LogP) is -0.598. The summed E-state index contributed by atoms with van der Waals surface area (Å²) in [5, 5.41) is 10.0. The Hall–Kier alpha value is -0.120. The minimum atomic E-state index is -0.559. The zero-order valence-electron chi connectivity index (χ0n) is 6.79. The van der Waals surface area contributed by atoms with E-state index >= 15 is 0 Å². The largest absolute Gasteiger partial charge is 0.387 e. The van der Waals surface area contributed by atoms with Gasteiger partial charge in [-0.05, 0) is 19.4 Å². The molecule has 0 aliphatic carbocycles. The molecule has 3 nitrogen and oxygen atoms in total. The summed E-state index contributed by atoms with van der Waals surface area (Å²) in [5.74, 6) is 0.446. The predicted molar refractivity (Wildman–Crippen MR) is 43.2 cm³/mol. The Kier molecular flexibility index (Phi) is 1.67. The molecule has 0 aromatic rings. The van der Waals surface area contributed by atoms with Crippen LogP contribution in [-0.2, 0) is 0 Å². The summed E-state index contributed by atoms with van der Waals surface area (Å²) in [6, 6.07) is 0. The summed E-state index contributed by atoms with van der Waals surface area (Å²) in [7, 11) is 0. The number of rotatable bonds is 1. The highest BCUT2D eigenvalue weighted by Crippen LogP contribution is 2.34. The summed E-state index contributed by atoms with van der Waals surface area (Å²) < 4.78 is 0. The number of nitrogens with two attached hydrogens (primary N) is 1. The maximum absolute atomic E-state index is 10.0. The van der Waals surface area contributed by atoms with E-state index in [1.54, 1.807) is 0 Å². The summed E-state index contributed by atoms with van der Waals surface area (Å²) >= 11 is 0. The highest BCUT2D eigenvalue weighted by atomic mass is 16.3. The van der Waals surface area contributed by atoms with Crippen LogP contribution in [0, 0.1) is 5.92 Å². The Labute approximate surface area is 67.2 Å². The first-order valence-corrected chi connectivity index (χ1v) is 4.39. The fraction of sp³-hybridized carbons (Fsp3) is 1.00. The third-order valence-corrected chi connectivity index (χ3v) is 3.12. The minimum Gasteiger partial charge on any atom is -0.387 e. The van der Waals surface area contributed by atoms with Gasteiger partial charge in [0, 0.05) is 25.6 Å². The maximum Gasteiger partial charge on any atom is 0.0935 e. The van der Waals surface area contributed by atoms with Crippen LogP contribution in [0.25, 0.3) is 0 Å². The molecule has 0 amide bonds.